The number of aromatic nitrogens is 6. The van der Waals surface area contributed by atoms with Gasteiger partial charge in [-0.3, -0.25) is 0 Å². The van der Waals surface area contributed by atoms with E-state index in [4.69, 9.17) is 51.5 Å². The van der Waals surface area contributed by atoms with Gasteiger partial charge in [-0.15, -0.1) is 0 Å². The highest BCUT2D eigenvalue weighted by Gasteiger charge is 2.45. The third kappa shape index (κ3) is 20.1. The normalized spacial score (nSPS) is 13.3. The molecule has 12 aromatic carbocycles. The molecule has 0 amide bonds. The van der Waals surface area contributed by atoms with Crippen LogP contribution in [0.2, 0.25) is 0 Å². The Kier molecular flexibility index (Phi) is 26.6. The van der Waals surface area contributed by atoms with E-state index in [2.05, 4.69) is 334 Å². The fraction of sp³-hybridized carbons (Fsp3) is 0.227. The van der Waals surface area contributed by atoms with Gasteiger partial charge in [0.1, 0.15) is 42.3 Å². The van der Waals surface area contributed by atoms with Crippen molar-refractivity contribution >= 4 is 0 Å². The molecule has 6 aromatic heterocycles. The maximum atomic E-state index is 7.81. The van der Waals surface area contributed by atoms with E-state index >= 15 is 0 Å². The Morgan fingerprint density at radius 3 is 0.750 bits per heavy atom. The van der Waals surface area contributed by atoms with E-state index < -0.39 is 6.85 Å². The van der Waals surface area contributed by atoms with Gasteiger partial charge in [0.25, 0.3) is 0 Å². The van der Waals surface area contributed by atoms with Crippen LogP contribution < -0.4 is 74.8 Å². The lowest BCUT2D eigenvalue weighted by Crippen LogP contribution is -2.39. The van der Waals surface area contributed by atoms with Crippen molar-refractivity contribution in [3.63, 3.8) is 0 Å². The van der Waals surface area contributed by atoms with E-state index in [0.717, 1.165) is 176 Å². The maximum Gasteiger partial charge on any atom is 0.212 e. The molecule has 11 heterocycles. The van der Waals surface area contributed by atoms with Crippen LogP contribution in [0.5, 0.6) is 115 Å². The van der Waals surface area contributed by atoms with Crippen LogP contribution in [0.1, 0.15) is 171 Å². The van der Waals surface area contributed by atoms with Crippen LogP contribution in [-0.2, 0) is 53.1 Å². The molecule has 0 radical (unpaired) electrons. The minimum absolute atomic E-state index is 0.0136. The van der Waals surface area contributed by atoms with Gasteiger partial charge in [-0.25, -0.2) is 27.4 Å². The summed E-state index contributed by atoms with van der Waals surface area (Å²) in [5.74, 6) is 15.8. The number of fused-ring (bicyclic) bond motifs is 12. The smallest absolute Gasteiger partial charge is 0.212 e. The van der Waals surface area contributed by atoms with Crippen LogP contribution in [0.3, 0.4) is 0 Å². The Morgan fingerprint density at radius 1 is 0.209 bits per heavy atom. The molecule has 148 heavy (non-hydrogen) atoms. The van der Waals surface area contributed by atoms with E-state index in [1.807, 2.05) is 177 Å². The standard InChI is InChI=1S/C28H34N.C22H22NO2.2C21H20NO2.2C20H18NO2/c1-18(2)20-14-16-24(29(8)17-20)25-19(3)13-15-23-26(25)28(6,7)22-12-10-9-11-21(22)27(23,4)5;1-14(2)16-9-10-18(23(4)13-16)17-12-22-21(11-15(17)3)24-19-7-5-6-8-20(19)25-22;2*1-13-9-17(22(4)12-15(13)3)16-11-21-20(10-14(16)2)23-18-7-5-6-8-19(18)24-21;2*1-13-8-9-16(21(3)12-13)15-11-20-19(10-14(15)2)22-17-6-4-5-7-18(17)23-20/h9-18H,1-8H3;5-14H,1-4H3;2*5-12H,1-4H3;2*4-12H,1-3H3/q6*+1/i;;1D3;;;. The van der Waals surface area contributed by atoms with Gasteiger partial charge in [-0.1, -0.05) is 152 Å². The van der Waals surface area contributed by atoms with Gasteiger partial charge < -0.3 is 47.4 Å². The maximum absolute atomic E-state index is 7.81. The van der Waals surface area contributed by atoms with Crippen molar-refractivity contribution in [2.75, 3.05) is 0 Å². The van der Waals surface area contributed by atoms with Gasteiger partial charge in [0, 0.05) is 84.7 Å². The van der Waals surface area contributed by atoms with Crippen molar-refractivity contribution in [2.45, 2.75) is 161 Å². The summed E-state index contributed by atoms with van der Waals surface area (Å²) in [5.41, 5.74) is 35.2. The van der Waals surface area contributed by atoms with E-state index in [0.29, 0.717) is 40.4 Å². The summed E-state index contributed by atoms with van der Waals surface area (Å²) in [5, 5.41) is 0. The largest absolute Gasteiger partial charge is 0.450 e. The molecular weight excluding hydrogens is 1830 g/mol. The first-order valence-electron chi connectivity index (χ1n) is 52.2. The highest BCUT2D eigenvalue weighted by Crippen LogP contribution is 2.57. The summed E-state index contributed by atoms with van der Waals surface area (Å²) >= 11 is 0. The molecule has 0 saturated carbocycles. The van der Waals surface area contributed by atoms with Crippen molar-refractivity contribution in [3.8, 4) is 183 Å². The van der Waals surface area contributed by atoms with Crippen molar-refractivity contribution in [1.29, 1.82) is 0 Å². The summed E-state index contributed by atoms with van der Waals surface area (Å²) in [7, 11) is 12.4. The number of hydrogen-bond donors (Lipinski definition) is 0. The third-order valence-corrected chi connectivity index (χ3v) is 28.9. The molecule has 0 bridgehead atoms. The van der Waals surface area contributed by atoms with E-state index in [1.54, 1.807) is 6.07 Å². The number of aryl methyl sites for hydroxylation is 18. The highest BCUT2D eigenvalue weighted by atomic mass is 16.6. The molecule has 0 atom stereocenters. The average Bonchev–Trinajstić information content (AvgIpc) is 0.701. The summed E-state index contributed by atoms with van der Waals surface area (Å²) in [6.07, 6.45) is 12.8. The lowest BCUT2D eigenvalue weighted by molar-refractivity contribution is -0.661. The van der Waals surface area contributed by atoms with E-state index in [-0.39, 0.29) is 10.8 Å². The fourth-order valence-corrected chi connectivity index (χ4v) is 20.6. The van der Waals surface area contributed by atoms with Crippen molar-refractivity contribution in [3.05, 3.63) is 416 Å². The van der Waals surface area contributed by atoms with Crippen LogP contribution in [0, 0.1) is 83.0 Å². The number of rotatable bonds is 8. The second-order valence-electron chi connectivity index (χ2n) is 41.4. The quantitative estimate of drug-likeness (QED) is 0.136. The number of hydrogen-bond acceptors (Lipinski definition) is 10. The number of nitrogens with zero attached hydrogens (tertiary/aromatic N) is 6. The van der Waals surface area contributed by atoms with Crippen LogP contribution in [-0.4, -0.2) is 0 Å². The van der Waals surface area contributed by atoms with Crippen LogP contribution in [0.25, 0.3) is 67.5 Å². The molecular formula is C132H132N6O10+6. The first-order chi connectivity index (χ1) is 72.1. The summed E-state index contributed by atoms with van der Waals surface area (Å²) in [4.78, 5) is 0. The predicted octanol–water partition coefficient (Wildman–Crippen LogP) is 31.5. The van der Waals surface area contributed by atoms with E-state index in [9.17, 15) is 0 Å². The molecule has 0 fully saturated rings. The molecule has 6 aliphatic rings. The number of benzene rings is 12. The molecule has 24 rings (SSSR count). The summed E-state index contributed by atoms with van der Waals surface area (Å²) < 4.78 is 96.4. The Labute approximate surface area is 875 Å². The SMILES string of the molecule is Cc1cc(-c2cc3c(cc2C)Oc2ccccc2O3)[n+](C)cc1C.Cc1cc2c(cc1-c1ccc(C(C)C)c[n+]1C)Oc1ccccc1O2.Cc1ccc(-c2cc3c(cc2C)Oc2ccccc2O3)[n+](C)c1.Cc1ccc(-c2cc3c(cc2C)Oc2ccccc2O3)[n+](C)c1.Cc1ccc2c(c1-c1ccc(C(C)C)c[n+]1C)C(C)(C)c1ccccc1C2(C)C.[2H]C([2H])([2H])c1cc(-c2cc3c(cc2C)Oc2ccccc2O3)[n+](C)cc1C. The number of para-hydroxylation sites is 10. The minimum atomic E-state index is -2.16. The molecule has 0 unspecified atom stereocenters. The molecule has 744 valence electrons. The van der Waals surface area contributed by atoms with Gasteiger partial charge in [-0.05, 0) is 307 Å². The van der Waals surface area contributed by atoms with Crippen LogP contribution in [0.15, 0.2) is 316 Å². The average molecular weight is 1970 g/mol. The zero-order valence-corrected chi connectivity index (χ0v) is 89.4. The minimum Gasteiger partial charge on any atom is -0.450 e. The predicted molar refractivity (Wildman–Crippen MR) is 587 cm³/mol. The van der Waals surface area contributed by atoms with Gasteiger partial charge >= 0.3 is 0 Å². The van der Waals surface area contributed by atoms with E-state index in [1.165, 1.54) is 78.1 Å². The molecule has 0 spiro atoms. The lowest BCUT2D eigenvalue weighted by atomic mass is 9.58. The first kappa shape index (κ1) is 96.3. The monoisotopic (exact) mass is 1960 g/mol. The van der Waals surface area contributed by atoms with Crippen molar-refractivity contribution in [2.24, 2.45) is 42.3 Å². The summed E-state index contributed by atoms with van der Waals surface area (Å²) in [6.45, 7) is 39.2. The van der Waals surface area contributed by atoms with Gasteiger partial charge in [0.15, 0.2) is 152 Å². The van der Waals surface area contributed by atoms with Crippen LogP contribution in [0.4, 0.5) is 0 Å². The topological polar surface area (TPSA) is 116 Å². The Bertz CT molecular complexity index is 8270. The van der Waals surface area contributed by atoms with Crippen molar-refractivity contribution < 1.29 is 78.9 Å². The summed E-state index contributed by atoms with van der Waals surface area (Å²) in [6, 6.07) is 94.0. The zero-order valence-electron chi connectivity index (χ0n) is 92.4. The second kappa shape index (κ2) is 40.9. The highest BCUT2D eigenvalue weighted by molar-refractivity contribution is 5.78. The zero-order chi connectivity index (χ0) is 107. The van der Waals surface area contributed by atoms with Gasteiger partial charge in [0.2, 0.25) is 34.2 Å². The number of ether oxygens (including phenoxy) is 10. The Hall–Kier alpha value is -16.5. The fourth-order valence-electron chi connectivity index (χ4n) is 20.6. The Balaban J connectivity index is 0.000000114. The van der Waals surface area contributed by atoms with Crippen LogP contribution >= 0.6 is 0 Å². The third-order valence-electron chi connectivity index (χ3n) is 28.9. The second-order valence-corrected chi connectivity index (χ2v) is 41.4. The molecule has 1 aliphatic carbocycles. The molecule has 5 aliphatic heterocycles. The van der Waals surface area contributed by atoms with Crippen molar-refractivity contribution in [1.82, 2.24) is 0 Å². The molecule has 16 nitrogen and oxygen atoms in total. The molecule has 0 saturated heterocycles. The van der Waals surface area contributed by atoms with Gasteiger partial charge in [-0.2, -0.15) is 0 Å². The van der Waals surface area contributed by atoms with Gasteiger partial charge in [0.05, 0.1) is 33.4 Å². The lowest BCUT2D eigenvalue weighted by Gasteiger charge is -2.45. The Morgan fingerprint density at radius 2 is 0.459 bits per heavy atom. The molecule has 18 aromatic rings. The number of pyridine rings is 6. The first-order valence-corrected chi connectivity index (χ1v) is 50.7. The molecule has 0 N–H and O–H groups in total. The molecule has 16 heteroatoms.